The predicted octanol–water partition coefficient (Wildman–Crippen LogP) is 2.43. The van der Waals surface area contributed by atoms with E-state index in [4.69, 9.17) is 4.74 Å². The largest absolute Gasteiger partial charge is 0.458 e. The highest BCUT2D eigenvalue weighted by molar-refractivity contribution is 5.87. The van der Waals surface area contributed by atoms with Crippen LogP contribution in [0.15, 0.2) is 49.1 Å². The van der Waals surface area contributed by atoms with Crippen molar-refractivity contribution in [3.8, 4) is 0 Å². The minimum atomic E-state index is -0.353. The molecule has 0 amide bonds. The second-order valence-corrected chi connectivity index (χ2v) is 2.66. The third-order valence-electron chi connectivity index (χ3n) is 1.55. The molecule has 0 saturated heterocycles. The van der Waals surface area contributed by atoms with Gasteiger partial charge in [-0.2, -0.15) is 0 Å². The van der Waals surface area contributed by atoms with Crippen molar-refractivity contribution in [2.45, 2.75) is 0 Å². The van der Waals surface area contributed by atoms with Gasteiger partial charge in [0, 0.05) is 6.08 Å². The van der Waals surface area contributed by atoms with Crippen LogP contribution in [0.4, 0.5) is 0 Å². The fourth-order valence-electron chi connectivity index (χ4n) is 0.918. The molecular formula is C12H12O2. The predicted molar refractivity (Wildman–Crippen MR) is 56.6 cm³/mol. The molecule has 0 aliphatic carbocycles. The van der Waals surface area contributed by atoms with Gasteiger partial charge < -0.3 is 4.74 Å². The molecule has 2 heteroatoms. The Kier molecular flexibility index (Phi) is 4.21. The van der Waals surface area contributed by atoms with Crippen molar-refractivity contribution in [2.24, 2.45) is 0 Å². The van der Waals surface area contributed by atoms with Crippen LogP contribution in [0.2, 0.25) is 0 Å². The van der Waals surface area contributed by atoms with Crippen LogP contribution < -0.4 is 0 Å². The monoisotopic (exact) mass is 188 g/mol. The van der Waals surface area contributed by atoms with E-state index in [1.54, 1.807) is 6.08 Å². The number of rotatable bonds is 4. The third-order valence-corrected chi connectivity index (χ3v) is 1.55. The average molecular weight is 188 g/mol. The first-order chi connectivity index (χ1) is 6.83. The van der Waals surface area contributed by atoms with E-state index in [1.165, 1.54) is 12.2 Å². The molecule has 0 aliphatic rings. The maximum Gasteiger partial charge on any atom is 0.331 e. The summed E-state index contributed by atoms with van der Waals surface area (Å²) in [5.74, 6) is -0.353. The Hall–Kier alpha value is -1.83. The van der Waals surface area contributed by atoms with Gasteiger partial charge in [-0.05, 0) is 11.6 Å². The van der Waals surface area contributed by atoms with Crippen LogP contribution in [0.25, 0.3) is 6.08 Å². The van der Waals surface area contributed by atoms with Crippen molar-refractivity contribution in [3.63, 3.8) is 0 Å². The minimum Gasteiger partial charge on any atom is -0.458 e. The number of carbonyl (C=O) groups is 1. The molecule has 1 aromatic carbocycles. The van der Waals surface area contributed by atoms with Gasteiger partial charge in [-0.15, -0.1) is 0 Å². The van der Waals surface area contributed by atoms with Crippen molar-refractivity contribution in [3.05, 3.63) is 54.6 Å². The average Bonchev–Trinajstić information content (AvgIpc) is 2.25. The fourth-order valence-corrected chi connectivity index (χ4v) is 0.918. The molecule has 0 aliphatic heterocycles. The first-order valence-corrected chi connectivity index (χ1v) is 4.33. The Balaban J connectivity index is 2.48. The lowest BCUT2D eigenvalue weighted by Crippen LogP contribution is -1.99. The van der Waals surface area contributed by atoms with E-state index in [1.807, 2.05) is 30.3 Å². The van der Waals surface area contributed by atoms with Gasteiger partial charge in [0.2, 0.25) is 0 Å². The number of benzene rings is 1. The first kappa shape index (κ1) is 10.3. The van der Waals surface area contributed by atoms with Crippen LogP contribution in [0, 0.1) is 0 Å². The van der Waals surface area contributed by atoms with Crippen molar-refractivity contribution < 1.29 is 9.53 Å². The zero-order chi connectivity index (χ0) is 10.2. The van der Waals surface area contributed by atoms with Gasteiger partial charge in [-0.25, -0.2) is 4.79 Å². The summed E-state index contributed by atoms with van der Waals surface area (Å²) in [6.07, 6.45) is 4.65. The summed E-state index contributed by atoms with van der Waals surface area (Å²) in [5, 5.41) is 0. The number of hydrogen-bond donors (Lipinski definition) is 0. The van der Waals surface area contributed by atoms with Crippen molar-refractivity contribution >= 4 is 12.0 Å². The first-order valence-electron chi connectivity index (χ1n) is 4.33. The molecule has 0 fully saturated rings. The Bertz CT molecular complexity index is 325. The topological polar surface area (TPSA) is 26.3 Å². The number of ether oxygens (including phenoxy) is 1. The van der Waals surface area contributed by atoms with E-state index in [-0.39, 0.29) is 12.6 Å². The number of esters is 1. The minimum absolute atomic E-state index is 0.248. The van der Waals surface area contributed by atoms with E-state index in [0.717, 1.165) is 5.56 Å². The highest BCUT2D eigenvalue weighted by Crippen LogP contribution is 2.00. The summed E-state index contributed by atoms with van der Waals surface area (Å²) in [4.78, 5) is 11.0. The lowest BCUT2D eigenvalue weighted by Gasteiger charge is -1.95. The van der Waals surface area contributed by atoms with Crippen molar-refractivity contribution in [1.29, 1.82) is 0 Å². The molecule has 0 heterocycles. The SMILES string of the molecule is C=CCOC(=O)C=Cc1ccccc1. The summed E-state index contributed by atoms with van der Waals surface area (Å²) < 4.78 is 4.77. The van der Waals surface area contributed by atoms with Gasteiger partial charge >= 0.3 is 5.97 Å². The second-order valence-electron chi connectivity index (χ2n) is 2.66. The molecule has 0 atom stereocenters. The summed E-state index contributed by atoms with van der Waals surface area (Å²) >= 11 is 0. The third kappa shape index (κ3) is 3.72. The summed E-state index contributed by atoms with van der Waals surface area (Å²) in [6, 6.07) is 9.57. The molecule has 1 rings (SSSR count). The van der Waals surface area contributed by atoms with Gasteiger partial charge in [0.1, 0.15) is 6.61 Å². The molecule has 14 heavy (non-hydrogen) atoms. The molecule has 0 aromatic heterocycles. The number of carbonyl (C=O) groups excluding carboxylic acids is 1. The van der Waals surface area contributed by atoms with E-state index >= 15 is 0 Å². The summed E-state index contributed by atoms with van der Waals surface area (Å²) in [5.41, 5.74) is 0.975. The Morgan fingerprint density at radius 1 is 1.36 bits per heavy atom. The zero-order valence-corrected chi connectivity index (χ0v) is 7.85. The lowest BCUT2D eigenvalue weighted by atomic mass is 10.2. The van der Waals surface area contributed by atoms with E-state index < -0.39 is 0 Å². The standard InChI is InChI=1S/C12H12O2/c1-2-10-14-12(13)9-8-11-6-4-3-5-7-11/h2-9H,1,10H2. The highest BCUT2D eigenvalue weighted by atomic mass is 16.5. The Morgan fingerprint density at radius 3 is 2.71 bits per heavy atom. The van der Waals surface area contributed by atoms with Crippen molar-refractivity contribution in [1.82, 2.24) is 0 Å². The van der Waals surface area contributed by atoms with Crippen LogP contribution in [0.3, 0.4) is 0 Å². The molecule has 1 aromatic rings. The number of hydrogen-bond acceptors (Lipinski definition) is 2. The quantitative estimate of drug-likeness (QED) is 0.412. The smallest absolute Gasteiger partial charge is 0.331 e. The van der Waals surface area contributed by atoms with Crippen LogP contribution in [-0.4, -0.2) is 12.6 Å². The van der Waals surface area contributed by atoms with Crippen LogP contribution >= 0.6 is 0 Å². The van der Waals surface area contributed by atoms with E-state index in [9.17, 15) is 4.79 Å². The Labute approximate surface area is 83.5 Å². The molecule has 0 unspecified atom stereocenters. The highest BCUT2D eigenvalue weighted by Gasteiger charge is 1.93. The molecular weight excluding hydrogens is 176 g/mol. The molecule has 0 spiro atoms. The summed E-state index contributed by atoms with van der Waals surface area (Å²) in [6.45, 7) is 3.70. The van der Waals surface area contributed by atoms with Gasteiger partial charge in [-0.1, -0.05) is 43.0 Å². The molecule has 0 bridgehead atoms. The zero-order valence-electron chi connectivity index (χ0n) is 7.85. The summed E-state index contributed by atoms with van der Waals surface area (Å²) in [7, 11) is 0. The lowest BCUT2D eigenvalue weighted by molar-refractivity contribution is -0.136. The fraction of sp³-hybridized carbons (Fsp3) is 0.0833. The normalized spacial score (nSPS) is 10.0. The molecule has 0 radical (unpaired) electrons. The van der Waals surface area contributed by atoms with Gasteiger partial charge in [0.15, 0.2) is 0 Å². The van der Waals surface area contributed by atoms with Crippen molar-refractivity contribution in [2.75, 3.05) is 6.61 Å². The van der Waals surface area contributed by atoms with Crippen LogP contribution in [0.1, 0.15) is 5.56 Å². The molecule has 0 saturated carbocycles. The van der Waals surface area contributed by atoms with E-state index in [0.29, 0.717) is 0 Å². The van der Waals surface area contributed by atoms with Crippen LogP contribution in [-0.2, 0) is 9.53 Å². The second kappa shape index (κ2) is 5.75. The molecule has 72 valence electrons. The Morgan fingerprint density at radius 2 is 2.07 bits per heavy atom. The van der Waals surface area contributed by atoms with Gasteiger partial charge in [-0.3, -0.25) is 0 Å². The van der Waals surface area contributed by atoms with E-state index in [2.05, 4.69) is 6.58 Å². The maximum atomic E-state index is 11.0. The molecule has 0 N–H and O–H groups in total. The van der Waals surface area contributed by atoms with Crippen LogP contribution in [0.5, 0.6) is 0 Å². The molecule has 2 nitrogen and oxygen atoms in total. The van der Waals surface area contributed by atoms with Gasteiger partial charge in [0.25, 0.3) is 0 Å². The van der Waals surface area contributed by atoms with Gasteiger partial charge in [0.05, 0.1) is 0 Å². The maximum absolute atomic E-state index is 11.0.